The molecule has 0 aliphatic heterocycles. The summed E-state index contributed by atoms with van der Waals surface area (Å²) in [5.74, 6) is 0.316. The SMILES string of the molecule is CCC[CH2][Sn]([CH2]CCC)([CH2]CCC)[O]C(=N)c1cccn1OC. The topological polar surface area (TPSA) is 47.2 Å². The monoisotopic (exact) mass is 430 g/mol. The molecule has 0 saturated heterocycles. The summed E-state index contributed by atoms with van der Waals surface area (Å²) in [6, 6.07) is 3.81. The second-order valence-electron chi connectivity index (χ2n) is 6.33. The normalized spacial score (nSPS) is 11.5. The van der Waals surface area contributed by atoms with Gasteiger partial charge in [0.2, 0.25) is 0 Å². The van der Waals surface area contributed by atoms with Gasteiger partial charge in [0, 0.05) is 0 Å². The van der Waals surface area contributed by atoms with Crippen LogP contribution >= 0.6 is 0 Å². The molecular formula is C18H34N2O2Sn. The van der Waals surface area contributed by atoms with Crippen molar-refractivity contribution in [1.82, 2.24) is 4.73 Å². The van der Waals surface area contributed by atoms with Crippen LogP contribution in [0.3, 0.4) is 0 Å². The zero-order chi connectivity index (χ0) is 17.1. The Labute approximate surface area is 146 Å². The number of aromatic nitrogens is 1. The molecular weight excluding hydrogens is 395 g/mol. The van der Waals surface area contributed by atoms with Crippen molar-refractivity contribution in [1.29, 1.82) is 5.41 Å². The van der Waals surface area contributed by atoms with Gasteiger partial charge in [-0.25, -0.2) is 0 Å². The molecule has 0 aliphatic rings. The van der Waals surface area contributed by atoms with Gasteiger partial charge >= 0.3 is 146 Å². The molecule has 1 aromatic rings. The Bertz CT molecular complexity index is 438. The summed E-state index contributed by atoms with van der Waals surface area (Å²) in [7, 11) is 1.62. The Morgan fingerprint density at radius 1 is 1.04 bits per heavy atom. The van der Waals surface area contributed by atoms with Gasteiger partial charge in [-0.05, 0) is 0 Å². The first-order chi connectivity index (χ1) is 11.1. The van der Waals surface area contributed by atoms with Gasteiger partial charge < -0.3 is 0 Å². The van der Waals surface area contributed by atoms with Crippen LogP contribution in [0.15, 0.2) is 18.3 Å². The molecule has 5 heteroatoms. The minimum absolute atomic E-state index is 0.316. The van der Waals surface area contributed by atoms with Gasteiger partial charge in [-0.2, -0.15) is 0 Å². The third-order valence-corrected chi connectivity index (χ3v) is 17.1. The van der Waals surface area contributed by atoms with Crippen LogP contribution in [0.4, 0.5) is 0 Å². The van der Waals surface area contributed by atoms with Crippen molar-refractivity contribution in [3.63, 3.8) is 0 Å². The summed E-state index contributed by atoms with van der Waals surface area (Å²) in [6.45, 7) is 6.74. The van der Waals surface area contributed by atoms with E-state index in [1.807, 2.05) is 18.3 Å². The fourth-order valence-corrected chi connectivity index (χ4v) is 16.1. The van der Waals surface area contributed by atoms with Crippen LogP contribution in [0.2, 0.25) is 13.3 Å². The van der Waals surface area contributed by atoms with Crippen LogP contribution in [-0.2, 0) is 3.07 Å². The Balaban J connectivity index is 2.93. The van der Waals surface area contributed by atoms with Crippen LogP contribution in [0.5, 0.6) is 0 Å². The first kappa shape index (κ1) is 20.4. The molecule has 0 radical (unpaired) electrons. The summed E-state index contributed by atoms with van der Waals surface area (Å²) in [5, 5.41) is 8.48. The van der Waals surface area contributed by atoms with Crippen molar-refractivity contribution < 1.29 is 7.91 Å². The van der Waals surface area contributed by atoms with Crippen LogP contribution in [0, 0.1) is 5.41 Å². The predicted octanol–water partition coefficient (Wildman–Crippen LogP) is 5.23. The van der Waals surface area contributed by atoms with E-state index in [-0.39, 0.29) is 0 Å². The van der Waals surface area contributed by atoms with E-state index in [1.54, 1.807) is 11.8 Å². The molecule has 0 bridgehead atoms. The third-order valence-electron chi connectivity index (χ3n) is 4.42. The summed E-state index contributed by atoms with van der Waals surface area (Å²) >= 11 is -2.78. The fraction of sp³-hybridized carbons (Fsp3) is 0.722. The second-order valence-corrected chi connectivity index (χ2v) is 17.9. The first-order valence-electron chi connectivity index (χ1n) is 9.12. The van der Waals surface area contributed by atoms with Crippen molar-refractivity contribution in [2.45, 2.75) is 72.6 Å². The molecule has 0 aromatic carbocycles. The molecule has 4 nitrogen and oxygen atoms in total. The first-order valence-corrected chi connectivity index (χ1v) is 16.3. The zero-order valence-electron chi connectivity index (χ0n) is 15.4. The van der Waals surface area contributed by atoms with Crippen LogP contribution in [0.1, 0.15) is 65.0 Å². The number of unbranched alkanes of at least 4 members (excludes halogenated alkanes) is 3. The van der Waals surface area contributed by atoms with Gasteiger partial charge in [0.15, 0.2) is 0 Å². The number of nitrogens with one attached hydrogen (secondary N) is 1. The summed E-state index contributed by atoms with van der Waals surface area (Å²) in [5.41, 5.74) is 0.734. The molecule has 0 amide bonds. The van der Waals surface area contributed by atoms with Crippen LogP contribution in [-0.4, -0.2) is 36.5 Å². The Hall–Kier alpha value is -0.651. The number of nitrogens with zero attached hydrogens (tertiary/aromatic N) is 1. The van der Waals surface area contributed by atoms with E-state index < -0.39 is 18.8 Å². The van der Waals surface area contributed by atoms with E-state index in [9.17, 15) is 0 Å². The van der Waals surface area contributed by atoms with Crippen molar-refractivity contribution in [3.8, 4) is 0 Å². The average molecular weight is 429 g/mol. The molecule has 0 saturated carbocycles. The molecule has 23 heavy (non-hydrogen) atoms. The molecule has 1 heterocycles. The molecule has 132 valence electrons. The number of hydrogen-bond acceptors (Lipinski definition) is 3. The third kappa shape index (κ3) is 6.40. The molecule has 1 N–H and O–H groups in total. The van der Waals surface area contributed by atoms with Gasteiger partial charge in [-0.1, -0.05) is 0 Å². The fourth-order valence-electron chi connectivity index (χ4n) is 2.99. The molecule has 0 unspecified atom stereocenters. The maximum atomic E-state index is 8.48. The van der Waals surface area contributed by atoms with Crippen molar-refractivity contribution in [2.75, 3.05) is 7.11 Å². The minimum atomic E-state index is -2.78. The number of rotatable bonds is 12. The molecule has 0 atom stereocenters. The van der Waals surface area contributed by atoms with E-state index >= 15 is 0 Å². The number of hydrogen-bond donors (Lipinski definition) is 1. The van der Waals surface area contributed by atoms with Gasteiger partial charge in [0.25, 0.3) is 0 Å². The van der Waals surface area contributed by atoms with Gasteiger partial charge in [0.05, 0.1) is 0 Å². The summed E-state index contributed by atoms with van der Waals surface area (Å²) in [4.78, 5) is 5.28. The molecule has 0 spiro atoms. The van der Waals surface area contributed by atoms with E-state index in [0.29, 0.717) is 5.90 Å². The molecule has 1 rings (SSSR count). The van der Waals surface area contributed by atoms with Crippen molar-refractivity contribution >= 4 is 24.7 Å². The average Bonchev–Trinajstić information content (AvgIpc) is 3.05. The van der Waals surface area contributed by atoms with Gasteiger partial charge in [-0.15, -0.1) is 0 Å². The zero-order valence-corrected chi connectivity index (χ0v) is 18.2. The Morgan fingerprint density at radius 3 is 2.00 bits per heavy atom. The Morgan fingerprint density at radius 2 is 1.57 bits per heavy atom. The Kier molecular flexibility index (Phi) is 9.75. The summed E-state index contributed by atoms with van der Waals surface area (Å²) < 4.78 is 11.9. The molecule has 1 aromatic heterocycles. The standard InChI is InChI=1S/C6H8N2O2.3C4H9.Sn/c1-10-8-4-2-3-5(8)6(7)9;3*1-3-4-2;/h2-4H,1H3,(H2,7,9);3*1,3-4H2,2H3;/q;;;;+1/p-1. The second kappa shape index (κ2) is 11.0. The van der Waals surface area contributed by atoms with Gasteiger partial charge in [-0.3, -0.25) is 0 Å². The summed E-state index contributed by atoms with van der Waals surface area (Å²) in [6.07, 6.45) is 9.17. The van der Waals surface area contributed by atoms with Crippen LogP contribution < -0.4 is 4.84 Å². The maximum absolute atomic E-state index is 8.48. The predicted molar refractivity (Wildman–Crippen MR) is 99.7 cm³/mol. The van der Waals surface area contributed by atoms with E-state index in [4.69, 9.17) is 13.3 Å². The quantitative estimate of drug-likeness (QED) is 0.281. The van der Waals surface area contributed by atoms with E-state index in [2.05, 4.69) is 20.8 Å². The van der Waals surface area contributed by atoms with Crippen molar-refractivity contribution in [2.24, 2.45) is 0 Å². The van der Waals surface area contributed by atoms with Crippen LogP contribution in [0.25, 0.3) is 0 Å². The molecule has 0 fully saturated rings. The van der Waals surface area contributed by atoms with E-state index in [1.165, 1.54) is 51.8 Å². The van der Waals surface area contributed by atoms with Gasteiger partial charge in [0.1, 0.15) is 0 Å². The molecule has 0 aliphatic carbocycles. The van der Waals surface area contributed by atoms with Crippen molar-refractivity contribution in [3.05, 3.63) is 24.0 Å². The van der Waals surface area contributed by atoms with E-state index in [0.717, 1.165) is 5.69 Å².